The molecule has 0 bridgehead atoms. The molecule has 0 spiro atoms. The summed E-state index contributed by atoms with van der Waals surface area (Å²) in [6.45, 7) is -0.114. The summed E-state index contributed by atoms with van der Waals surface area (Å²) < 4.78 is 32.0. The molecule has 0 atom stereocenters. The first-order chi connectivity index (χ1) is 9.13. The highest BCUT2D eigenvalue weighted by Gasteiger charge is 2.11. The lowest BCUT2D eigenvalue weighted by atomic mass is 10.2. The summed E-state index contributed by atoms with van der Waals surface area (Å²) in [4.78, 5) is 0. The third kappa shape index (κ3) is 3.17. The Balaban J connectivity index is 2.21. The van der Waals surface area contributed by atoms with E-state index in [9.17, 15) is 8.78 Å². The van der Waals surface area contributed by atoms with Crippen molar-refractivity contribution in [1.82, 2.24) is 0 Å². The van der Waals surface area contributed by atoms with Crippen molar-refractivity contribution in [2.24, 2.45) is 0 Å². The van der Waals surface area contributed by atoms with Gasteiger partial charge < -0.3 is 4.74 Å². The van der Waals surface area contributed by atoms with E-state index in [-0.39, 0.29) is 18.1 Å². The van der Waals surface area contributed by atoms with Crippen LogP contribution in [0.2, 0.25) is 5.02 Å². The summed E-state index contributed by atoms with van der Waals surface area (Å²) >= 11 is 11.8. The van der Waals surface area contributed by atoms with E-state index in [1.54, 1.807) is 18.2 Å². The van der Waals surface area contributed by atoms with Crippen LogP contribution in [-0.4, -0.2) is 0 Å². The monoisotopic (exact) mass is 302 g/mol. The normalized spacial score (nSPS) is 10.5. The SMILES string of the molecule is Fc1cccc(COc2c(Cl)cccc2CCl)c1F. The minimum Gasteiger partial charge on any atom is -0.487 e. The average Bonchev–Trinajstić information content (AvgIpc) is 2.41. The molecule has 1 nitrogen and oxygen atoms in total. The number of halogens is 4. The van der Waals surface area contributed by atoms with Gasteiger partial charge in [0.1, 0.15) is 12.4 Å². The van der Waals surface area contributed by atoms with Crippen LogP contribution >= 0.6 is 23.2 Å². The highest BCUT2D eigenvalue weighted by atomic mass is 35.5. The Morgan fingerprint density at radius 2 is 1.68 bits per heavy atom. The van der Waals surface area contributed by atoms with E-state index in [0.29, 0.717) is 16.3 Å². The second-order valence-corrected chi connectivity index (χ2v) is 4.54. The molecule has 2 aromatic carbocycles. The Kier molecular flexibility index (Phi) is 4.61. The zero-order chi connectivity index (χ0) is 13.8. The summed E-state index contributed by atoms with van der Waals surface area (Å²) in [6.07, 6.45) is 0. The van der Waals surface area contributed by atoms with Crippen LogP contribution in [0.3, 0.4) is 0 Å². The van der Waals surface area contributed by atoms with Crippen LogP contribution in [0.25, 0.3) is 0 Å². The molecule has 0 heterocycles. The standard InChI is InChI=1S/C14H10Cl2F2O/c15-7-9-3-1-5-11(16)14(9)19-8-10-4-2-6-12(17)13(10)18/h1-6H,7-8H2. The first kappa shape index (κ1) is 14.1. The van der Waals surface area contributed by atoms with Crippen LogP contribution in [0.15, 0.2) is 36.4 Å². The van der Waals surface area contributed by atoms with Gasteiger partial charge in [0.05, 0.1) is 10.9 Å². The van der Waals surface area contributed by atoms with Crippen molar-refractivity contribution in [2.45, 2.75) is 12.5 Å². The predicted molar refractivity (Wildman–Crippen MR) is 71.7 cm³/mol. The highest BCUT2D eigenvalue weighted by molar-refractivity contribution is 6.32. The van der Waals surface area contributed by atoms with E-state index in [2.05, 4.69) is 0 Å². The van der Waals surface area contributed by atoms with Crippen molar-refractivity contribution in [2.75, 3.05) is 0 Å². The maximum Gasteiger partial charge on any atom is 0.165 e. The van der Waals surface area contributed by atoms with Gasteiger partial charge in [-0.05, 0) is 12.1 Å². The van der Waals surface area contributed by atoms with Crippen LogP contribution in [0.4, 0.5) is 8.78 Å². The summed E-state index contributed by atoms with van der Waals surface area (Å²) in [5.41, 5.74) is 0.825. The van der Waals surface area contributed by atoms with Gasteiger partial charge in [-0.1, -0.05) is 35.9 Å². The van der Waals surface area contributed by atoms with Gasteiger partial charge in [-0.25, -0.2) is 8.78 Å². The largest absolute Gasteiger partial charge is 0.487 e. The van der Waals surface area contributed by atoms with Crippen LogP contribution in [0.5, 0.6) is 5.75 Å². The van der Waals surface area contributed by atoms with Crippen molar-refractivity contribution < 1.29 is 13.5 Å². The molecule has 0 aliphatic rings. The van der Waals surface area contributed by atoms with Crippen molar-refractivity contribution in [1.29, 1.82) is 0 Å². The maximum absolute atomic E-state index is 13.5. The molecule has 5 heteroatoms. The topological polar surface area (TPSA) is 9.23 Å². The lowest BCUT2D eigenvalue weighted by molar-refractivity contribution is 0.295. The molecule has 2 rings (SSSR count). The molecule has 0 saturated heterocycles. The van der Waals surface area contributed by atoms with Crippen molar-refractivity contribution in [3.63, 3.8) is 0 Å². The van der Waals surface area contributed by atoms with E-state index in [1.807, 2.05) is 0 Å². The number of hydrogen-bond acceptors (Lipinski definition) is 1. The van der Waals surface area contributed by atoms with Gasteiger partial charge in [0.25, 0.3) is 0 Å². The molecule has 2 aromatic rings. The Morgan fingerprint density at radius 3 is 2.42 bits per heavy atom. The Morgan fingerprint density at radius 1 is 1.00 bits per heavy atom. The van der Waals surface area contributed by atoms with Crippen LogP contribution in [0, 0.1) is 11.6 Å². The maximum atomic E-state index is 13.5. The van der Waals surface area contributed by atoms with Gasteiger partial charge in [-0.3, -0.25) is 0 Å². The molecule has 0 saturated carbocycles. The molecule has 0 aliphatic carbocycles. The van der Waals surface area contributed by atoms with Crippen molar-refractivity contribution in [3.05, 3.63) is 64.2 Å². The first-order valence-electron chi connectivity index (χ1n) is 5.52. The molecule has 0 radical (unpaired) electrons. The molecule has 0 aliphatic heterocycles. The minimum absolute atomic E-state index is 0.114. The smallest absolute Gasteiger partial charge is 0.165 e. The molecule has 0 fully saturated rings. The number of para-hydroxylation sites is 1. The number of benzene rings is 2. The van der Waals surface area contributed by atoms with Crippen molar-refractivity contribution in [3.8, 4) is 5.75 Å². The average molecular weight is 303 g/mol. The van der Waals surface area contributed by atoms with Gasteiger partial charge >= 0.3 is 0 Å². The number of hydrogen-bond donors (Lipinski definition) is 0. The van der Waals surface area contributed by atoms with E-state index in [0.717, 1.165) is 6.07 Å². The van der Waals surface area contributed by atoms with Gasteiger partial charge in [0, 0.05) is 11.1 Å². The molecular formula is C14H10Cl2F2O. The van der Waals surface area contributed by atoms with Gasteiger partial charge in [-0.15, -0.1) is 11.6 Å². The molecular weight excluding hydrogens is 293 g/mol. The fourth-order valence-electron chi connectivity index (χ4n) is 1.63. The summed E-state index contributed by atoms with van der Waals surface area (Å²) in [6, 6.07) is 9.08. The third-order valence-electron chi connectivity index (χ3n) is 2.60. The number of alkyl halides is 1. The summed E-state index contributed by atoms with van der Waals surface area (Å²) in [7, 11) is 0. The van der Waals surface area contributed by atoms with E-state index >= 15 is 0 Å². The summed E-state index contributed by atoms with van der Waals surface area (Å²) in [5, 5.41) is 0.384. The number of ether oxygens (including phenoxy) is 1. The number of rotatable bonds is 4. The third-order valence-corrected chi connectivity index (χ3v) is 3.18. The lowest BCUT2D eigenvalue weighted by Gasteiger charge is -2.12. The van der Waals surface area contributed by atoms with Crippen LogP contribution < -0.4 is 4.74 Å². The fraction of sp³-hybridized carbons (Fsp3) is 0.143. The zero-order valence-corrected chi connectivity index (χ0v) is 11.3. The molecule has 100 valence electrons. The highest BCUT2D eigenvalue weighted by Crippen LogP contribution is 2.30. The first-order valence-corrected chi connectivity index (χ1v) is 6.43. The summed E-state index contributed by atoms with van der Waals surface area (Å²) in [5.74, 6) is -1.20. The van der Waals surface area contributed by atoms with Crippen molar-refractivity contribution >= 4 is 23.2 Å². The Hall–Kier alpha value is -1.32. The van der Waals surface area contributed by atoms with E-state index in [4.69, 9.17) is 27.9 Å². The molecule has 19 heavy (non-hydrogen) atoms. The molecule has 0 amide bonds. The second kappa shape index (κ2) is 6.22. The molecule has 0 aromatic heterocycles. The van der Waals surface area contributed by atoms with Crippen LogP contribution in [0.1, 0.15) is 11.1 Å². The molecule has 0 N–H and O–H groups in total. The van der Waals surface area contributed by atoms with Gasteiger partial charge in [-0.2, -0.15) is 0 Å². The fourth-order valence-corrected chi connectivity index (χ4v) is 2.09. The van der Waals surface area contributed by atoms with E-state index in [1.165, 1.54) is 12.1 Å². The predicted octanol–water partition coefficient (Wildman–Crippen LogP) is 4.94. The van der Waals surface area contributed by atoms with Gasteiger partial charge in [0.15, 0.2) is 11.6 Å². The molecule has 0 unspecified atom stereocenters. The van der Waals surface area contributed by atoms with Gasteiger partial charge in [0.2, 0.25) is 0 Å². The zero-order valence-electron chi connectivity index (χ0n) is 9.80. The van der Waals surface area contributed by atoms with E-state index < -0.39 is 11.6 Å². The quantitative estimate of drug-likeness (QED) is 0.727. The Bertz CT molecular complexity index is 588. The minimum atomic E-state index is -0.915. The lowest BCUT2D eigenvalue weighted by Crippen LogP contribution is -2.02. The second-order valence-electron chi connectivity index (χ2n) is 3.86. The Labute approximate surface area is 119 Å². The van der Waals surface area contributed by atoms with Crippen LogP contribution in [-0.2, 0) is 12.5 Å².